The van der Waals surface area contributed by atoms with Gasteiger partial charge >= 0.3 is 6.18 Å². The van der Waals surface area contributed by atoms with Crippen LogP contribution in [0.25, 0.3) is 0 Å². The van der Waals surface area contributed by atoms with Crippen LogP contribution in [0.3, 0.4) is 0 Å². The van der Waals surface area contributed by atoms with Crippen molar-refractivity contribution in [1.29, 1.82) is 0 Å². The SMILES string of the molecule is COCCN(CC(C)C)C(=O)C1CCC(C(F)(F)F)CN1. The number of carbonyl (C=O) groups excluding carboxylic acids is 1. The second-order valence-electron chi connectivity index (χ2n) is 5.95. The van der Waals surface area contributed by atoms with Gasteiger partial charge in [-0.05, 0) is 18.8 Å². The number of methoxy groups -OCH3 is 1. The first kappa shape index (κ1) is 18.2. The summed E-state index contributed by atoms with van der Waals surface area (Å²) >= 11 is 0. The molecule has 0 aliphatic carbocycles. The van der Waals surface area contributed by atoms with E-state index in [9.17, 15) is 18.0 Å². The minimum absolute atomic E-state index is 0.00665. The zero-order chi connectivity index (χ0) is 16.0. The summed E-state index contributed by atoms with van der Waals surface area (Å²) in [7, 11) is 1.56. The second kappa shape index (κ2) is 7.98. The molecule has 0 spiro atoms. The molecular formula is C14H25F3N2O2. The Morgan fingerprint density at radius 2 is 2.05 bits per heavy atom. The van der Waals surface area contributed by atoms with Gasteiger partial charge in [-0.25, -0.2) is 0 Å². The topological polar surface area (TPSA) is 41.6 Å². The van der Waals surface area contributed by atoms with Crippen molar-refractivity contribution in [1.82, 2.24) is 10.2 Å². The van der Waals surface area contributed by atoms with Gasteiger partial charge in [-0.15, -0.1) is 0 Å². The molecule has 2 unspecified atom stereocenters. The molecule has 1 amide bonds. The number of nitrogens with one attached hydrogen (secondary N) is 1. The van der Waals surface area contributed by atoms with Crippen molar-refractivity contribution in [2.45, 2.75) is 38.9 Å². The Morgan fingerprint density at radius 1 is 1.38 bits per heavy atom. The number of piperidine rings is 1. The number of amides is 1. The molecule has 7 heteroatoms. The molecule has 1 aliphatic rings. The van der Waals surface area contributed by atoms with Crippen LogP contribution >= 0.6 is 0 Å². The van der Waals surface area contributed by atoms with Crippen LogP contribution in [-0.2, 0) is 9.53 Å². The molecule has 1 rings (SSSR count). The highest BCUT2D eigenvalue weighted by molar-refractivity contribution is 5.82. The number of nitrogens with zero attached hydrogens (tertiary/aromatic N) is 1. The number of ether oxygens (including phenoxy) is 1. The van der Waals surface area contributed by atoms with Crippen LogP contribution in [0.15, 0.2) is 0 Å². The van der Waals surface area contributed by atoms with Crippen molar-refractivity contribution in [3.63, 3.8) is 0 Å². The summed E-state index contributed by atoms with van der Waals surface area (Å²) < 4.78 is 42.8. The van der Waals surface area contributed by atoms with E-state index in [0.29, 0.717) is 25.6 Å². The van der Waals surface area contributed by atoms with Gasteiger partial charge in [0.1, 0.15) is 0 Å². The summed E-state index contributed by atoms with van der Waals surface area (Å²) in [5.41, 5.74) is 0. The fraction of sp³-hybridized carbons (Fsp3) is 0.929. The van der Waals surface area contributed by atoms with Crippen LogP contribution in [0, 0.1) is 11.8 Å². The van der Waals surface area contributed by atoms with E-state index in [-0.39, 0.29) is 25.3 Å². The summed E-state index contributed by atoms with van der Waals surface area (Å²) in [5.74, 6) is -1.17. The maximum atomic E-state index is 12.6. The standard InChI is InChI=1S/C14H25F3N2O2/c1-10(2)9-19(6-7-21-3)13(20)12-5-4-11(8-18-12)14(15,16)17/h10-12,18H,4-9H2,1-3H3. The molecule has 1 fully saturated rings. The van der Waals surface area contributed by atoms with Gasteiger partial charge in [0.15, 0.2) is 0 Å². The number of rotatable bonds is 6. The van der Waals surface area contributed by atoms with Gasteiger partial charge < -0.3 is 15.0 Å². The molecule has 0 aromatic carbocycles. The molecule has 124 valence electrons. The maximum Gasteiger partial charge on any atom is 0.393 e. The van der Waals surface area contributed by atoms with Crippen LogP contribution in [0.4, 0.5) is 13.2 Å². The van der Waals surface area contributed by atoms with Gasteiger partial charge in [0.05, 0.1) is 18.6 Å². The number of alkyl halides is 3. The predicted octanol–water partition coefficient (Wildman–Crippen LogP) is 2.05. The Balaban J connectivity index is 2.56. The first-order valence-corrected chi connectivity index (χ1v) is 7.33. The average molecular weight is 310 g/mol. The number of hydrogen-bond acceptors (Lipinski definition) is 3. The quantitative estimate of drug-likeness (QED) is 0.816. The van der Waals surface area contributed by atoms with Crippen LogP contribution in [0.1, 0.15) is 26.7 Å². The van der Waals surface area contributed by atoms with E-state index in [1.165, 1.54) is 0 Å². The lowest BCUT2D eigenvalue weighted by molar-refractivity contribution is -0.180. The molecule has 2 atom stereocenters. The molecular weight excluding hydrogens is 285 g/mol. The highest BCUT2D eigenvalue weighted by Gasteiger charge is 2.42. The Labute approximate surface area is 124 Å². The van der Waals surface area contributed by atoms with Crippen molar-refractivity contribution in [2.24, 2.45) is 11.8 Å². The Hall–Kier alpha value is -0.820. The van der Waals surface area contributed by atoms with E-state index in [4.69, 9.17) is 4.74 Å². The first-order chi connectivity index (χ1) is 9.75. The van der Waals surface area contributed by atoms with E-state index in [2.05, 4.69) is 5.32 Å². The minimum Gasteiger partial charge on any atom is -0.383 e. The number of carbonyl (C=O) groups is 1. The van der Waals surface area contributed by atoms with Crippen LogP contribution in [-0.4, -0.2) is 56.4 Å². The zero-order valence-corrected chi connectivity index (χ0v) is 12.9. The third-order valence-electron chi connectivity index (χ3n) is 3.64. The number of hydrogen-bond donors (Lipinski definition) is 1. The summed E-state index contributed by atoms with van der Waals surface area (Å²) in [6.07, 6.45) is -3.95. The Kier molecular flexibility index (Phi) is 6.93. The highest BCUT2D eigenvalue weighted by atomic mass is 19.4. The normalized spacial score (nSPS) is 23.4. The summed E-state index contributed by atoms with van der Waals surface area (Å²) in [6, 6.07) is -0.515. The zero-order valence-electron chi connectivity index (χ0n) is 12.9. The van der Waals surface area contributed by atoms with E-state index in [1.54, 1.807) is 12.0 Å². The molecule has 0 aromatic rings. The molecule has 0 radical (unpaired) electrons. The Bertz CT molecular complexity index is 327. The van der Waals surface area contributed by atoms with Crippen molar-refractivity contribution in [3.05, 3.63) is 0 Å². The smallest absolute Gasteiger partial charge is 0.383 e. The second-order valence-corrected chi connectivity index (χ2v) is 5.95. The molecule has 0 saturated carbocycles. The van der Waals surface area contributed by atoms with Gasteiger partial charge in [0, 0.05) is 26.7 Å². The largest absolute Gasteiger partial charge is 0.393 e. The third-order valence-corrected chi connectivity index (χ3v) is 3.64. The van der Waals surface area contributed by atoms with Gasteiger partial charge in [0.2, 0.25) is 5.91 Å². The lowest BCUT2D eigenvalue weighted by Crippen LogP contribution is -2.53. The van der Waals surface area contributed by atoms with Crippen molar-refractivity contribution < 1.29 is 22.7 Å². The maximum absolute atomic E-state index is 12.6. The van der Waals surface area contributed by atoms with Gasteiger partial charge in [0.25, 0.3) is 0 Å². The third kappa shape index (κ3) is 5.82. The fourth-order valence-corrected chi connectivity index (χ4v) is 2.50. The molecule has 1 aliphatic heterocycles. The van der Waals surface area contributed by atoms with E-state index in [0.717, 1.165) is 0 Å². The van der Waals surface area contributed by atoms with E-state index >= 15 is 0 Å². The number of halogens is 3. The van der Waals surface area contributed by atoms with Gasteiger partial charge in [-0.1, -0.05) is 13.8 Å². The molecule has 1 N–H and O–H groups in total. The van der Waals surface area contributed by atoms with Crippen LogP contribution in [0.5, 0.6) is 0 Å². The van der Waals surface area contributed by atoms with Crippen molar-refractivity contribution in [3.8, 4) is 0 Å². The summed E-state index contributed by atoms with van der Waals surface area (Å²) in [6.45, 7) is 5.30. The predicted molar refractivity (Wildman–Crippen MR) is 73.9 cm³/mol. The first-order valence-electron chi connectivity index (χ1n) is 7.33. The van der Waals surface area contributed by atoms with Crippen LogP contribution < -0.4 is 5.32 Å². The lowest BCUT2D eigenvalue weighted by atomic mass is 9.93. The van der Waals surface area contributed by atoms with E-state index < -0.39 is 18.1 Å². The lowest BCUT2D eigenvalue weighted by Gasteiger charge is -2.34. The van der Waals surface area contributed by atoms with Gasteiger partial charge in [-0.3, -0.25) is 4.79 Å². The summed E-state index contributed by atoms with van der Waals surface area (Å²) in [4.78, 5) is 14.1. The minimum atomic E-state index is -4.19. The highest BCUT2D eigenvalue weighted by Crippen LogP contribution is 2.32. The average Bonchev–Trinajstić information content (AvgIpc) is 2.41. The fourth-order valence-electron chi connectivity index (χ4n) is 2.50. The van der Waals surface area contributed by atoms with Crippen molar-refractivity contribution in [2.75, 3.05) is 33.4 Å². The molecule has 1 saturated heterocycles. The van der Waals surface area contributed by atoms with Crippen molar-refractivity contribution >= 4 is 5.91 Å². The molecule has 4 nitrogen and oxygen atoms in total. The van der Waals surface area contributed by atoms with Gasteiger partial charge in [-0.2, -0.15) is 13.2 Å². The molecule has 0 aromatic heterocycles. The molecule has 0 bridgehead atoms. The van der Waals surface area contributed by atoms with Crippen LogP contribution in [0.2, 0.25) is 0 Å². The monoisotopic (exact) mass is 310 g/mol. The van der Waals surface area contributed by atoms with E-state index in [1.807, 2.05) is 13.8 Å². The molecule has 1 heterocycles. The Morgan fingerprint density at radius 3 is 2.48 bits per heavy atom. The molecule has 21 heavy (non-hydrogen) atoms. The summed E-state index contributed by atoms with van der Waals surface area (Å²) in [5, 5.41) is 2.75.